The maximum Gasteiger partial charge on any atom is 0.337 e. The Hall–Kier alpha value is -2.38. The molecule has 0 atom stereocenters. The van der Waals surface area contributed by atoms with Gasteiger partial charge in [-0.25, -0.2) is 9.18 Å². The molecule has 0 spiro atoms. The van der Waals surface area contributed by atoms with Crippen LogP contribution in [0.1, 0.15) is 39.2 Å². The SMILES string of the molecule is COC(=O)c1cc(C)c(C2=CCN(Cc3cc(C)c(Br)ccn(C)n3C)CC2)c(F)c1. The standard InChI is InChI=1S/C24H29BrFN3O2/c1-16-13-20(28(4)27(3)9-8-21(16)25)15-29-10-6-18(7-11-29)23-17(2)12-19(14-22(23)26)24(30)31-5/h6,8-9,12-14H,7,10-11,15H2,1-5H3. The molecule has 0 bridgehead atoms. The summed E-state index contributed by atoms with van der Waals surface area (Å²) in [5.74, 6) is -0.897. The van der Waals surface area contributed by atoms with Crippen molar-refractivity contribution in [2.45, 2.75) is 26.8 Å². The van der Waals surface area contributed by atoms with E-state index in [0.29, 0.717) is 5.56 Å². The number of carbonyl (C=O) groups is 1. The van der Waals surface area contributed by atoms with Gasteiger partial charge in [-0.3, -0.25) is 14.3 Å². The van der Waals surface area contributed by atoms with Gasteiger partial charge < -0.3 is 4.74 Å². The van der Waals surface area contributed by atoms with E-state index >= 15 is 0 Å². The van der Waals surface area contributed by atoms with Crippen LogP contribution in [0, 0.1) is 19.7 Å². The molecule has 1 aliphatic heterocycles. The number of halogens is 2. The molecule has 7 heteroatoms. The Bertz CT molecular complexity index is 1060. The molecule has 2 aromatic rings. The Morgan fingerprint density at radius 3 is 2.55 bits per heavy atom. The van der Waals surface area contributed by atoms with Gasteiger partial charge in [-0.1, -0.05) is 22.0 Å². The van der Waals surface area contributed by atoms with Gasteiger partial charge in [0, 0.05) is 55.7 Å². The monoisotopic (exact) mass is 489 g/mol. The molecular formula is C24H29BrFN3O2. The molecule has 31 heavy (non-hydrogen) atoms. The second-order valence-corrected chi connectivity index (χ2v) is 8.79. The second kappa shape index (κ2) is 9.83. The molecule has 3 rings (SSSR count). The molecule has 0 fully saturated rings. The van der Waals surface area contributed by atoms with Gasteiger partial charge in [-0.05, 0) is 61.2 Å². The molecule has 0 radical (unpaired) electrons. The predicted molar refractivity (Wildman–Crippen MR) is 125 cm³/mol. The molecule has 0 saturated carbocycles. The number of ether oxygens (including phenoxy) is 1. The van der Waals surface area contributed by atoms with Crippen LogP contribution in [-0.4, -0.2) is 40.4 Å². The fourth-order valence-corrected chi connectivity index (χ4v) is 4.10. The minimum Gasteiger partial charge on any atom is -0.465 e. The van der Waals surface area contributed by atoms with Gasteiger partial charge in [0.15, 0.2) is 0 Å². The molecule has 0 saturated heterocycles. The zero-order valence-corrected chi connectivity index (χ0v) is 20.3. The van der Waals surface area contributed by atoms with Gasteiger partial charge >= 0.3 is 5.97 Å². The van der Waals surface area contributed by atoms with Gasteiger partial charge in [-0.15, -0.1) is 0 Å². The lowest BCUT2D eigenvalue weighted by Gasteiger charge is -2.28. The first-order valence-electron chi connectivity index (χ1n) is 10.2. The topological polar surface area (TPSA) is 39.4 Å². The van der Waals surface area contributed by atoms with Crippen molar-refractivity contribution in [3.8, 4) is 0 Å². The Balaban J connectivity index is 1.84. The zero-order valence-electron chi connectivity index (χ0n) is 18.7. The van der Waals surface area contributed by atoms with Crippen molar-refractivity contribution < 1.29 is 13.9 Å². The van der Waals surface area contributed by atoms with Crippen LogP contribution in [0.5, 0.6) is 0 Å². The number of benzene rings is 1. The van der Waals surface area contributed by atoms with E-state index in [9.17, 15) is 9.18 Å². The Morgan fingerprint density at radius 2 is 1.94 bits per heavy atom. The number of esters is 1. The fourth-order valence-electron chi connectivity index (χ4n) is 3.87. The Kier molecular flexibility index (Phi) is 7.38. The number of rotatable bonds is 4. The van der Waals surface area contributed by atoms with Gasteiger partial charge in [-0.2, -0.15) is 0 Å². The average molecular weight is 490 g/mol. The number of hydrogen-bond donors (Lipinski definition) is 0. The Labute approximate surface area is 191 Å². The summed E-state index contributed by atoms with van der Waals surface area (Å²) < 4.78 is 24.8. The van der Waals surface area contributed by atoms with Gasteiger partial charge in [0.05, 0.1) is 12.7 Å². The van der Waals surface area contributed by atoms with Crippen molar-refractivity contribution in [3.63, 3.8) is 0 Å². The van der Waals surface area contributed by atoms with E-state index in [4.69, 9.17) is 4.74 Å². The number of carbonyl (C=O) groups excluding carboxylic acids is 1. The largest absolute Gasteiger partial charge is 0.465 e. The molecular weight excluding hydrogens is 461 g/mol. The summed E-state index contributed by atoms with van der Waals surface area (Å²) in [5, 5.41) is 0. The summed E-state index contributed by atoms with van der Waals surface area (Å²) >= 11 is 3.62. The third-order valence-corrected chi connectivity index (χ3v) is 6.68. The number of aryl methyl sites for hydroxylation is 3. The summed E-state index contributed by atoms with van der Waals surface area (Å²) in [6.45, 7) is 6.28. The van der Waals surface area contributed by atoms with E-state index in [1.807, 2.05) is 30.9 Å². The maximum atomic E-state index is 14.8. The first-order valence-corrected chi connectivity index (χ1v) is 11.0. The van der Waals surface area contributed by atoms with E-state index in [2.05, 4.69) is 51.6 Å². The van der Waals surface area contributed by atoms with Crippen LogP contribution in [0.3, 0.4) is 0 Å². The number of hydrogen-bond acceptors (Lipinski definition) is 3. The van der Waals surface area contributed by atoms with Crippen LogP contribution in [0.25, 0.3) is 5.57 Å². The van der Waals surface area contributed by atoms with Crippen LogP contribution < -0.4 is 0 Å². The molecule has 1 aliphatic rings. The maximum absolute atomic E-state index is 14.8. The van der Waals surface area contributed by atoms with E-state index in [1.165, 1.54) is 24.4 Å². The van der Waals surface area contributed by atoms with Gasteiger partial charge in [0.25, 0.3) is 0 Å². The summed E-state index contributed by atoms with van der Waals surface area (Å²) in [5.41, 5.74) is 4.93. The third kappa shape index (κ3) is 5.28. The van der Waals surface area contributed by atoms with Crippen LogP contribution in [0.2, 0.25) is 0 Å². The van der Waals surface area contributed by atoms with E-state index in [1.54, 1.807) is 6.07 Å². The lowest BCUT2D eigenvalue weighted by atomic mass is 9.93. The van der Waals surface area contributed by atoms with Crippen molar-refractivity contribution in [3.05, 3.63) is 74.8 Å². The highest BCUT2D eigenvalue weighted by molar-refractivity contribution is 9.10. The number of methoxy groups -OCH3 is 1. The number of nitrogens with zero attached hydrogens (tertiary/aromatic N) is 3. The Morgan fingerprint density at radius 1 is 1.19 bits per heavy atom. The number of aromatic nitrogens is 2. The van der Waals surface area contributed by atoms with Gasteiger partial charge in [0.1, 0.15) is 5.82 Å². The highest BCUT2D eigenvalue weighted by atomic mass is 79.9. The van der Waals surface area contributed by atoms with Gasteiger partial charge in [0.2, 0.25) is 0 Å². The van der Waals surface area contributed by atoms with E-state index < -0.39 is 5.97 Å². The average Bonchev–Trinajstić information content (AvgIpc) is 2.75. The molecule has 1 aromatic heterocycles. The molecule has 0 unspecified atom stereocenters. The first kappa shape index (κ1) is 23.3. The highest BCUT2D eigenvalue weighted by Gasteiger charge is 2.20. The van der Waals surface area contributed by atoms with Crippen LogP contribution >= 0.6 is 15.9 Å². The quantitative estimate of drug-likeness (QED) is 0.562. The summed E-state index contributed by atoms with van der Waals surface area (Å²) in [6, 6.07) is 7.20. The molecule has 1 aromatic carbocycles. The smallest absolute Gasteiger partial charge is 0.337 e. The minimum atomic E-state index is -0.523. The molecule has 5 nitrogen and oxygen atoms in total. The van der Waals surface area contributed by atoms with Crippen LogP contribution in [-0.2, 0) is 25.4 Å². The minimum absolute atomic E-state index is 0.242. The van der Waals surface area contributed by atoms with Crippen molar-refractivity contribution in [2.75, 3.05) is 20.2 Å². The van der Waals surface area contributed by atoms with Crippen molar-refractivity contribution in [1.82, 2.24) is 14.3 Å². The van der Waals surface area contributed by atoms with Crippen LogP contribution in [0.4, 0.5) is 4.39 Å². The van der Waals surface area contributed by atoms with E-state index in [-0.39, 0.29) is 11.4 Å². The molecule has 166 valence electrons. The molecule has 2 heterocycles. The zero-order chi connectivity index (χ0) is 22.7. The molecule has 0 N–H and O–H groups in total. The van der Waals surface area contributed by atoms with Crippen molar-refractivity contribution in [1.29, 1.82) is 0 Å². The lowest BCUT2D eigenvalue weighted by molar-refractivity contribution is 0.0600. The lowest BCUT2D eigenvalue weighted by Crippen LogP contribution is -2.30. The fraction of sp³-hybridized carbons (Fsp3) is 0.375. The molecule has 0 aliphatic carbocycles. The van der Waals surface area contributed by atoms with Crippen molar-refractivity contribution in [2.24, 2.45) is 14.1 Å². The van der Waals surface area contributed by atoms with E-state index in [0.717, 1.165) is 41.7 Å². The first-order chi connectivity index (χ1) is 14.7. The summed E-state index contributed by atoms with van der Waals surface area (Å²) in [7, 11) is 5.37. The normalized spacial score (nSPS) is 14.2. The summed E-state index contributed by atoms with van der Waals surface area (Å²) in [4.78, 5) is 14.1. The predicted octanol–water partition coefficient (Wildman–Crippen LogP) is 5.08. The second-order valence-electron chi connectivity index (χ2n) is 7.94. The third-order valence-electron chi connectivity index (χ3n) is 5.79. The van der Waals surface area contributed by atoms with Crippen molar-refractivity contribution >= 4 is 27.5 Å². The highest BCUT2D eigenvalue weighted by Crippen LogP contribution is 2.29. The summed E-state index contributed by atoms with van der Waals surface area (Å²) in [6.07, 6.45) is 4.87. The van der Waals surface area contributed by atoms with Crippen LogP contribution in [0.15, 0.2) is 41.0 Å². The molecule has 0 amide bonds.